The largest absolute Gasteiger partial charge is 0.475 e. The summed E-state index contributed by atoms with van der Waals surface area (Å²) in [5.74, 6) is 0.317. The molecule has 1 aliphatic rings. The molecule has 0 fully saturated rings. The number of amidine groups is 1. The molecule has 0 saturated carbocycles. The zero-order valence-corrected chi connectivity index (χ0v) is 19.7. The SMILES string of the molecule is CCCCc1cc2c(n1Cc1ccc(-c3ccccc3-c3nn[nH]n3)cc1)NC(C(=O)O)=NC2C. The van der Waals surface area contributed by atoms with Gasteiger partial charge >= 0.3 is 5.97 Å². The van der Waals surface area contributed by atoms with Crippen molar-refractivity contribution in [2.75, 3.05) is 5.32 Å². The van der Waals surface area contributed by atoms with Gasteiger partial charge in [-0.05, 0) is 47.7 Å². The molecule has 0 spiro atoms. The summed E-state index contributed by atoms with van der Waals surface area (Å²) in [5, 5.41) is 27.0. The number of aliphatic imine (C=N–C) groups is 1. The second-order valence-corrected chi connectivity index (χ2v) is 8.69. The molecular weight excluding hydrogens is 442 g/mol. The van der Waals surface area contributed by atoms with Gasteiger partial charge in [-0.25, -0.2) is 4.79 Å². The van der Waals surface area contributed by atoms with E-state index < -0.39 is 5.97 Å². The number of nitrogens with zero attached hydrogens (tertiary/aromatic N) is 5. The van der Waals surface area contributed by atoms with E-state index in [4.69, 9.17) is 0 Å². The van der Waals surface area contributed by atoms with Crippen LogP contribution in [0.4, 0.5) is 5.82 Å². The first-order valence-electron chi connectivity index (χ1n) is 11.8. The van der Waals surface area contributed by atoms with E-state index in [1.165, 1.54) is 5.69 Å². The molecule has 178 valence electrons. The summed E-state index contributed by atoms with van der Waals surface area (Å²) in [6.07, 6.45) is 3.08. The molecule has 1 unspecified atom stereocenters. The van der Waals surface area contributed by atoms with Crippen LogP contribution in [-0.2, 0) is 17.8 Å². The number of hydrogen-bond acceptors (Lipinski definition) is 6. The smallest absolute Gasteiger partial charge is 0.371 e. The van der Waals surface area contributed by atoms with Gasteiger partial charge in [0.25, 0.3) is 0 Å². The third-order valence-electron chi connectivity index (χ3n) is 6.33. The molecule has 9 heteroatoms. The lowest BCUT2D eigenvalue weighted by atomic mass is 9.98. The number of rotatable bonds is 8. The molecule has 0 amide bonds. The zero-order valence-electron chi connectivity index (χ0n) is 19.7. The first-order chi connectivity index (χ1) is 17.0. The minimum atomic E-state index is -1.05. The Morgan fingerprint density at radius 3 is 2.57 bits per heavy atom. The third kappa shape index (κ3) is 4.44. The molecule has 0 radical (unpaired) electrons. The maximum atomic E-state index is 11.6. The van der Waals surface area contributed by atoms with Crippen molar-refractivity contribution in [3.8, 4) is 22.5 Å². The lowest BCUT2D eigenvalue weighted by molar-refractivity contribution is -0.129. The number of carboxylic acids is 1. The number of aliphatic carboxylic acids is 1. The normalized spacial score (nSPS) is 14.8. The number of anilines is 1. The summed E-state index contributed by atoms with van der Waals surface area (Å²) >= 11 is 0. The molecular formula is C26H27N7O2. The average molecular weight is 470 g/mol. The molecule has 2 aromatic heterocycles. The molecule has 0 bridgehead atoms. The van der Waals surface area contributed by atoms with Gasteiger partial charge in [0, 0.05) is 23.4 Å². The van der Waals surface area contributed by atoms with Gasteiger partial charge < -0.3 is 15.0 Å². The van der Waals surface area contributed by atoms with Crippen LogP contribution in [0.5, 0.6) is 0 Å². The summed E-state index contributed by atoms with van der Waals surface area (Å²) in [5.41, 5.74) is 6.34. The maximum absolute atomic E-state index is 11.6. The molecule has 1 aliphatic heterocycles. The predicted molar refractivity (Wildman–Crippen MR) is 134 cm³/mol. The number of aromatic nitrogens is 5. The Bertz CT molecular complexity index is 1370. The second-order valence-electron chi connectivity index (χ2n) is 8.69. The predicted octanol–water partition coefficient (Wildman–Crippen LogP) is 4.70. The first-order valence-corrected chi connectivity index (χ1v) is 11.8. The topological polar surface area (TPSA) is 121 Å². The number of fused-ring (bicyclic) bond motifs is 1. The number of unbranched alkanes of at least 4 members (excludes halogenated alkanes) is 1. The van der Waals surface area contributed by atoms with Gasteiger partial charge in [0.2, 0.25) is 11.7 Å². The molecule has 9 nitrogen and oxygen atoms in total. The van der Waals surface area contributed by atoms with Gasteiger partial charge in [-0.1, -0.05) is 61.9 Å². The Labute approximate surface area is 202 Å². The number of nitrogens with one attached hydrogen (secondary N) is 2. The number of aryl methyl sites for hydroxylation is 1. The van der Waals surface area contributed by atoms with E-state index in [9.17, 15) is 9.90 Å². The summed E-state index contributed by atoms with van der Waals surface area (Å²) in [4.78, 5) is 15.9. The number of aromatic amines is 1. The van der Waals surface area contributed by atoms with Crippen molar-refractivity contribution < 1.29 is 9.90 Å². The maximum Gasteiger partial charge on any atom is 0.371 e. The number of tetrazole rings is 1. The van der Waals surface area contributed by atoms with E-state index in [2.05, 4.69) is 72.8 Å². The summed E-state index contributed by atoms with van der Waals surface area (Å²) in [7, 11) is 0. The number of hydrogen-bond donors (Lipinski definition) is 3. The van der Waals surface area contributed by atoms with Crippen molar-refractivity contribution in [3.63, 3.8) is 0 Å². The van der Waals surface area contributed by atoms with Crippen molar-refractivity contribution in [2.45, 2.75) is 45.7 Å². The molecule has 3 heterocycles. The van der Waals surface area contributed by atoms with Crippen LogP contribution in [0.2, 0.25) is 0 Å². The monoisotopic (exact) mass is 469 g/mol. The Kier molecular flexibility index (Phi) is 6.13. The molecule has 2 aromatic carbocycles. The highest BCUT2D eigenvalue weighted by molar-refractivity contribution is 6.39. The van der Waals surface area contributed by atoms with E-state index in [0.717, 1.165) is 52.9 Å². The highest BCUT2D eigenvalue weighted by Gasteiger charge is 2.27. The molecule has 5 rings (SSSR count). The van der Waals surface area contributed by atoms with Gasteiger partial charge in [-0.3, -0.25) is 4.99 Å². The zero-order chi connectivity index (χ0) is 24.4. The van der Waals surface area contributed by atoms with Crippen LogP contribution >= 0.6 is 0 Å². The van der Waals surface area contributed by atoms with Crippen molar-refractivity contribution in [3.05, 3.63) is 71.4 Å². The first kappa shape index (κ1) is 22.5. The minimum Gasteiger partial charge on any atom is -0.475 e. The number of carbonyl (C=O) groups is 1. The van der Waals surface area contributed by atoms with Crippen molar-refractivity contribution in [1.82, 2.24) is 25.2 Å². The van der Waals surface area contributed by atoms with Gasteiger partial charge in [-0.15, -0.1) is 10.2 Å². The summed E-state index contributed by atoms with van der Waals surface area (Å²) in [6, 6.07) is 18.3. The van der Waals surface area contributed by atoms with E-state index in [0.29, 0.717) is 12.4 Å². The van der Waals surface area contributed by atoms with Gasteiger partial charge in [0.1, 0.15) is 5.82 Å². The second kappa shape index (κ2) is 9.54. The van der Waals surface area contributed by atoms with Crippen LogP contribution < -0.4 is 5.32 Å². The van der Waals surface area contributed by atoms with Crippen LogP contribution in [0.15, 0.2) is 59.6 Å². The van der Waals surface area contributed by atoms with Crippen LogP contribution in [-0.4, -0.2) is 42.1 Å². The molecule has 35 heavy (non-hydrogen) atoms. The summed E-state index contributed by atoms with van der Waals surface area (Å²) in [6.45, 7) is 4.74. The minimum absolute atomic E-state index is 0.0141. The van der Waals surface area contributed by atoms with Crippen LogP contribution in [0, 0.1) is 0 Å². The summed E-state index contributed by atoms with van der Waals surface area (Å²) < 4.78 is 2.20. The fourth-order valence-electron chi connectivity index (χ4n) is 4.52. The lowest BCUT2D eigenvalue weighted by Gasteiger charge is -2.21. The number of carboxylic acid groups (broad SMARTS) is 1. The van der Waals surface area contributed by atoms with Crippen LogP contribution in [0.1, 0.15) is 49.6 Å². The Balaban J connectivity index is 1.46. The highest BCUT2D eigenvalue weighted by atomic mass is 16.4. The van der Waals surface area contributed by atoms with E-state index in [1.54, 1.807) is 0 Å². The fourth-order valence-corrected chi connectivity index (χ4v) is 4.52. The molecule has 0 aliphatic carbocycles. The number of benzene rings is 2. The lowest BCUT2D eigenvalue weighted by Crippen LogP contribution is -2.28. The van der Waals surface area contributed by atoms with E-state index >= 15 is 0 Å². The third-order valence-corrected chi connectivity index (χ3v) is 6.33. The van der Waals surface area contributed by atoms with Crippen LogP contribution in [0.3, 0.4) is 0 Å². The van der Waals surface area contributed by atoms with E-state index in [1.807, 2.05) is 31.2 Å². The quantitative estimate of drug-likeness (QED) is 0.344. The van der Waals surface area contributed by atoms with Gasteiger partial charge in [0.05, 0.1) is 6.04 Å². The molecule has 3 N–H and O–H groups in total. The van der Waals surface area contributed by atoms with Crippen molar-refractivity contribution >= 4 is 17.6 Å². The van der Waals surface area contributed by atoms with Crippen molar-refractivity contribution in [2.24, 2.45) is 4.99 Å². The molecule has 0 saturated heterocycles. The van der Waals surface area contributed by atoms with Gasteiger partial charge in [0.15, 0.2) is 0 Å². The highest BCUT2D eigenvalue weighted by Crippen LogP contribution is 2.35. The fraction of sp³-hybridized carbons (Fsp3) is 0.269. The Morgan fingerprint density at radius 2 is 1.89 bits per heavy atom. The Hall–Kier alpha value is -4.27. The standard InChI is InChI=1S/C26H27N7O2/c1-3-4-7-19-14-22-16(2)27-24(26(34)35)28-25(22)33(19)15-17-10-12-18(13-11-17)20-8-5-6-9-21(20)23-29-31-32-30-23/h5-6,8-14,16H,3-4,7,15H2,1-2H3,(H,27,28)(H,34,35)(H,29,30,31,32). The average Bonchev–Trinajstić information content (AvgIpc) is 3.52. The van der Waals surface area contributed by atoms with Crippen molar-refractivity contribution in [1.29, 1.82) is 0 Å². The van der Waals surface area contributed by atoms with Crippen LogP contribution in [0.25, 0.3) is 22.5 Å². The van der Waals surface area contributed by atoms with Gasteiger partial charge in [-0.2, -0.15) is 5.21 Å². The number of H-pyrrole nitrogens is 1. The van der Waals surface area contributed by atoms with E-state index in [-0.39, 0.29) is 11.9 Å². The molecule has 4 aromatic rings. The molecule has 1 atom stereocenters. The Morgan fingerprint density at radius 1 is 1.11 bits per heavy atom.